The average molecular weight is 276 g/mol. The molecule has 0 fully saturated rings. The van der Waals surface area contributed by atoms with Crippen molar-refractivity contribution in [2.24, 2.45) is 0 Å². The van der Waals surface area contributed by atoms with Crippen LogP contribution in [0.15, 0.2) is 33.9 Å². The molecule has 0 spiro atoms. The van der Waals surface area contributed by atoms with Crippen molar-refractivity contribution in [1.29, 1.82) is 0 Å². The maximum atomic E-state index is 12.9. The summed E-state index contributed by atoms with van der Waals surface area (Å²) in [7, 11) is 0. The first-order valence-corrected chi connectivity index (χ1v) is 6.54. The molecule has 1 aromatic heterocycles. The molecule has 3 rings (SSSR count). The Bertz CT molecular complexity index is 733. The lowest BCUT2D eigenvalue weighted by atomic mass is 10.1. The molecule has 0 aliphatic carbocycles. The summed E-state index contributed by atoms with van der Waals surface area (Å²) in [4.78, 5) is 29.2. The normalized spacial score (nSPS) is 17.8. The van der Waals surface area contributed by atoms with Crippen LogP contribution in [0.1, 0.15) is 16.8 Å². The number of fused-ring (bicyclic) bond motifs is 1. The minimum absolute atomic E-state index is 0.248. The molecule has 1 aromatic carbocycles. The highest BCUT2D eigenvalue weighted by Crippen LogP contribution is 2.04. The van der Waals surface area contributed by atoms with E-state index in [1.54, 1.807) is 12.1 Å². The average Bonchev–Trinajstić information content (AvgIpc) is 2.42. The summed E-state index contributed by atoms with van der Waals surface area (Å²) in [6.45, 7) is 2.14. The number of halogens is 1. The number of aromatic nitrogens is 2. The van der Waals surface area contributed by atoms with Crippen LogP contribution in [-0.2, 0) is 19.5 Å². The van der Waals surface area contributed by atoms with Gasteiger partial charge in [0.05, 0.1) is 12.1 Å². The Labute approximate surface area is 114 Å². The van der Waals surface area contributed by atoms with Crippen LogP contribution in [0.5, 0.6) is 0 Å². The van der Waals surface area contributed by atoms with E-state index < -0.39 is 5.69 Å². The molecule has 20 heavy (non-hydrogen) atoms. The fraction of sp³-hybridized carbons (Fsp3) is 0.286. The number of quaternary nitrogens is 1. The summed E-state index contributed by atoms with van der Waals surface area (Å²) in [5.74, 6) is -0.248. The van der Waals surface area contributed by atoms with Gasteiger partial charge in [0, 0.05) is 17.7 Å². The second kappa shape index (κ2) is 5.05. The summed E-state index contributed by atoms with van der Waals surface area (Å²) >= 11 is 0. The standard InChI is InChI=1S/C14H14FN3O2/c15-10-3-1-9(2-4-10)7-18-6-5-12-11(8-18)13(19)17-14(20)16-12/h1-4H,5-8H2,(H2,16,17,19,20)/p+1. The SMILES string of the molecule is O=c1[nH]c2c(c(=O)[nH]1)C[NH+](Cc1ccc(F)cc1)CC2. The van der Waals surface area contributed by atoms with E-state index in [4.69, 9.17) is 0 Å². The van der Waals surface area contributed by atoms with Gasteiger partial charge >= 0.3 is 5.69 Å². The van der Waals surface area contributed by atoms with E-state index in [9.17, 15) is 14.0 Å². The molecule has 104 valence electrons. The van der Waals surface area contributed by atoms with Crippen LogP contribution in [0.3, 0.4) is 0 Å². The van der Waals surface area contributed by atoms with Crippen LogP contribution in [0.2, 0.25) is 0 Å². The Hall–Kier alpha value is -2.21. The number of H-pyrrole nitrogens is 2. The molecule has 1 unspecified atom stereocenters. The minimum Gasteiger partial charge on any atom is -0.327 e. The Morgan fingerprint density at radius 1 is 1.15 bits per heavy atom. The molecular weight excluding hydrogens is 261 g/mol. The van der Waals surface area contributed by atoms with Gasteiger partial charge in [-0.15, -0.1) is 0 Å². The van der Waals surface area contributed by atoms with E-state index in [1.807, 2.05) is 0 Å². The van der Waals surface area contributed by atoms with Crippen molar-refractivity contribution in [3.8, 4) is 0 Å². The zero-order valence-corrected chi connectivity index (χ0v) is 10.8. The van der Waals surface area contributed by atoms with Crippen LogP contribution in [-0.4, -0.2) is 16.5 Å². The molecule has 6 heteroatoms. The third-order valence-electron chi connectivity index (χ3n) is 3.65. The number of benzene rings is 1. The lowest BCUT2D eigenvalue weighted by molar-refractivity contribution is -0.929. The van der Waals surface area contributed by atoms with Crippen LogP contribution < -0.4 is 16.1 Å². The first-order valence-electron chi connectivity index (χ1n) is 6.54. The summed E-state index contributed by atoms with van der Waals surface area (Å²) in [5.41, 5.74) is 1.66. The van der Waals surface area contributed by atoms with Crippen LogP contribution in [0.25, 0.3) is 0 Å². The van der Waals surface area contributed by atoms with Crippen LogP contribution >= 0.6 is 0 Å². The van der Waals surface area contributed by atoms with Crippen molar-refractivity contribution in [3.63, 3.8) is 0 Å². The van der Waals surface area contributed by atoms with Gasteiger partial charge in [0.25, 0.3) is 5.56 Å². The van der Waals surface area contributed by atoms with Crippen LogP contribution in [0.4, 0.5) is 4.39 Å². The van der Waals surface area contributed by atoms with Crippen molar-refractivity contribution in [2.75, 3.05) is 6.54 Å². The predicted molar refractivity (Wildman–Crippen MR) is 71.0 cm³/mol. The van der Waals surface area contributed by atoms with Gasteiger partial charge in [-0.05, 0) is 12.1 Å². The summed E-state index contributed by atoms with van der Waals surface area (Å²) < 4.78 is 12.9. The monoisotopic (exact) mass is 276 g/mol. The van der Waals surface area contributed by atoms with E-state index in [-0.39, 0.29) is 11.4 Å². The molecule has 2 aromatic rings. The van der Waals surface area contributed by atoms with Crippen molar-refractivity contribution in [1.82, 2.24) is 9.97 Å². The predicted octanol–water partition coefficient (Wildman–Crippen LogP) is -0.656. The molecule has 0 saturated carbocycles. The Balaban J connectivity index is 1.80. The molecular formula is C14H15FN3O2+. The third kappa shape index (κ3) is 2.55. The summed E-state index contributed by atoms with van der Waals surface area (Å²) in [6, 6.07) is 6.40. The molecule has 5 nitrogen and oxygen atoms in total. The molecule has 0 amide bonds. The Kier molecular flexibility index (Phi) is 3.23. The maximum absolute atomic E-state index is 12.9. The van der Waals surface area contributed by atoms with E-state index in [0.717, 1.165) is 24.3 Å². The topological polar surface area (TPSA) is 70.2 Å². The van der Waals surface area contributed by atoms with Crippen molar-refractivity contribution in [2.45, 2.75) is 19.5 Å². The maximum Gasteiger partial charge on any atom is 0.325 e. The number of nitrogens with one attached hydrogen (secondary N) is 3. The highest BCUT2D eigenvalue weighted by Gasteiger charge is 2.23. The second-order valence-corrected chi connectivity index (χ2v) is 5.10. The van der Waals surface area contributed by atoms with Gasteiger partial charge in [-0.25, -0.2) is 9.18 Å². The number of hydrogen-bond donors (Lipinski definition) is 3. The number of hydrogen-bond acceptors (Lipinski definition) is 2. The molecule has 0 saturated heterocycles. The largest absolute Gasteiger partial charge is 0.327 e. The van der Waals surface area contributed by atoms with Gasteiger partial charge in [0.15, 0.2) is 0 Å². The third-order valence-corrected chi connectivity index (χ3v) is 3.65. The summed E-state index contributed by atoms with van der Waals surface area (Å²) in [5, 5.41) is 0. The zero-order chi connectivity index (χ0) is 14.1. The molecule has 0 radical (unpaired) electrons. The van der Waals surface area contributed by atoms with Crippen molar-refractivity contribution in [3.05, 3.63) is 67.7 Å². The summed E-state index contributed by atoms with van der Waals surface area (Å²) in [6.07, 6.45) is 0.672. The minimum atomic E-state index is -0.448. The Morgan fingerprint density at radius 3 is 2.65 bits per heavy atom. The van der Waals surface area contributed by atoms with Crippen molar-refractivity contribution < 1.29 is 9.29 Å². The molecule has 0 bridgehead atoms. The van der Waals surface area contributed by atoms with E-state index in [1.165, 1.54) is 17.0 Å². The lowest BCUT2D eigenvalue weighted by Gasteiger charge is -2.24. The van der Waals surface area contributed by atoms with E-state index >= 15 is 0 Å². The van der Waals surface area contributed by atoms with Gasteiger partial charge < -0.3 is 9.88 Å². The number of aromatic amines is 2. The van der Waals surface area contributed by atoms with Gasteiger partial charge in [0.1, 0.15) is 18.9 Å². The van der Waals surface area contributed by atoms with E-state index in [0.29, 0.717) is 18.5 Å². The molecule has 1 atom stereocenters. The second-order valence-electron chi connectivity index (χ2n) is 5.10. The van der Waals surface area contributed by atoms with Gasteiger partial charge in [-0.3, -0.25) is 9.78 Å². The quantitative estimate of drug-likeness (QED) is 0.682. The van der Waals surface area contributed by atoms with E-state index in [2.05, 4.69) is 9.97 Å². The molecule has 2 heterocycles. The molecule has 3 N–H and O–H groups in total. The van der Waals surface area contributed by atoms with Crippen LogP contribution in [0, 0.1) is 5.82 Å². The van der Waals surface area contributed by atoms with Gasteiger partial charge in [-0.1, -0.05) is 12.1 Å². The smallest absolute Gasteiger partial charge is 0.325 e. The first-order chi connectivity index (χ1) is 9.61. The fourth-order valence-corrected chi connectivity index (χ4v) is 2.64. The molecule has 1 aliphatic heterocycles. The van der Waals surface area contributed by atoms with Gasteiger partial charge in [-0.2, -0.15) is 0 Å². The lowest BCUT2D eigenvalue weighted by Crippen LogP contribution is -3.10. The fourth-order valence-electron chi connectivity index (χ4n) is 2.64. The Morgan fingerprint density at radius 2 is 1.90 bits per heavy atom. The highest BCUT2D eigenvalue weighted by atomic mass is 19.1. The number of rotatable bonds is 2. The van der Waals surface area contributed by atoms with Gasteiger partial charge in [0.2, 0.25) is 0 Å². The highest BCUT2D eigenvalue weighted by molar-refractivity contribution is 5.18. The zero-order valence-electron chi connectivity index (χ0n) is 10.8. The molecule has 1 aliphatic rings. The van der Waals surface area contributed by atoms with Crippen molar-refractivity contribution >= 4 is 0 Å². The first kappa shape index (κ1) is 12.8.